The Morgan fingerprint density at radius 1 is 1.29 bits per heavy atom. The predicted octanol–water partition coefficient (Wildman–Crippen LogP) is 3.88. The summed E-state index contributed by atoms with van der Waals surface area (Å²) in [5.74, 6) is -2.71. The minimum absolute atomic E-state index is 0.0371. The maximum atomic E-state index is 13.1. The summed E-state index contributed by atoms with van der Waals surface area (Å²) in [6.07, 6.45) is -3.72. The van der Waals surface area contributed by atoms with Gasteiger partial charge in [0.1, 0.15) is 5.03 Å². The lowest BCUT2D eigenvalue weighted by Gasteiger charge is -2.17. The summed E-state index contributed by atoms with van der Waals surface area (Å²) in [5.41, 5.74) is -1.56. The fourth-order valence-electron chi connectivity index (χ4n) is 2.62. The van der Waals surface area contributed by atoms with Crippen LogP contribution in [0.1, 0.15) is 22.3 Å². The van der Waals surface area contributed by atoms with Gasteiger partial charge in [0.25, 0.3) is 0 Å². The van der Waals surface area contributed by atoms with E-state index in [9.17, 15) is 32.7 Å². The van der Waals surface area contributed by atoms with E-state index in [4.69, 9.17) is 11.6 Å². The number of halogens is 4. The maximum absolute atomic E-state index is 13.1. The standard InChI is InChI=1S/C17H10ClF3N2O4S/c18-11-4-3-8(6-10(11)17(19,20)21)23-13(24)7-12(15(23)25)28-14-9(16(26)27)2-1-5-22-14/h1-6,12H,7H2,(H,26,27)/t12-/m0/s1. The summed E-state index contributed by atoms with van der Waals surface area (Å²) in [6, 6.07) is 5.44. The number of benzene rings is 1. The second kappa shape index (κ2) is 7.44. The highest BCUT2D eigenvalue weighted by molar-refractivity contribution is 8.00. The minimum Gasteiger partial charge on any atom is -0.478 e. The number of hydrogen-bond acceptors (Lipinski definition) is 5. The molecule has 2 aromatic rings. The zero-order valence-corrected chi connectivity index (χ0v) is 15.3. The molecule has 0 aliphatic carbocycles. The second-order valence-electron chi connectivity index (χ2n) is 5.70. The van der Waals surface area contributed by atoms with Gasteiger partial charge in [-0.05, 0) is 30.3 Å². The van der Waals surface area contributed by atoms with Crippen molar-refractivity contribution in [3.63, 3.8) is 0 Å². The Kier molecular flexibility index (Phi) is 5.35. The molecule has 2 amide bonds. The molecule has 0 bridgehead atoms. The highest BCUT2D eigenvalue weighted by atomic mass is 35.5. The number of amides is 2. The fourth-order valence-corrected chi connectivity index (χ4v) is 3.95. The van der Waals surface area contributed by atoms with Gasteiger partial charge in [-0.2, -0.15) is 13.2 Å². The molecular weight excluding hydrogens is 421 g/mol. The van der Waals surface area contributed by atoms with Crippen molar-refractivity contribution in [3.05, 3.63) is 52.7 Å². The number of thioether (sulfide) groups is 1. The third kappa shape index (κ3) is 3.83. The Morgan fingerprint density at radius 2 is 2.00 bits per heavy atom. The number of alkyl halides is 3. The predicted molar refractivity (Wildman–Crippen MR) is 94.4 cm³/mol. The zero-order chi connectivity index (χ0) is 20.6. The molecule has 0 unspecified atom stereocenters. The zero-order valence-electron chi connectivity index (χ0n) is 13.7. The average Bonchev–Trinajstić information content (AvgIpc) is 2.88. The number of aromatic carboxylic acids is 1. The normalized spacial score (nSPS) is 17.3. The third-order valence-corrected chi connectivity index (χ3v) is 5.41. The van der Waals surface area contributed by atoms with Gasteiger partial charge in [0.2, 0.25) is 11.8 Å². The first-order valence-electron chi connectivity index (χ1n) is 7.68. The number of imide groups is 1. The molecule has 0 spiro atoms. The van der Waals surface area contributed by atoms with E-state index >= 15 is 0 Å². The van der Waals surface area contributed by atoms with Crippen LogP contribution in [0.4, 0.5) is 18.9 Å². The summed E-state index contributed by atoms with van der Waals surface area (Å²) >= 11 is 6.34. The van der Waals surface area contributed by atoms with Crippen LogP contribution in [0.5, 0.6) is 0 Å². The minimum atomic E-state index is -4.75. The molecule has 11 heteroatoms. The van der Waals surface area contributed by atoms with Gasteiger partial charge < -0.3 is 5.11 Å². The van der Waals surface area contributed by atoms with Gasteiger partial charge >= 0.3 is 12.1 Å². The van der Waals surface area contributed by atoms with E-state index in [1.807, 2.05) is 0 Å². The van der Waals surface area contributed by atoms with E-state index in [1.54, 1.807) is 0 Å². The number of aromatic nitrogens is 1. The van der Waals surface area contributed by atoms with Crippen LogP contribution in [-0.2, 0) is 15.8 Å². The summed E-state index contributed by atoms with van der Waals surface area (Å²) < 4.78 is 39.2. The van der Waals surface area contributed by atoms with Crippen LogP contribution in [0.25, 0.3) is 0 Å². The Balaban J connectivity index is 1.90. The Labute approximate surface area is 165 Å². The molecule has 28 heavy (non-hydrogen) atoms. The summed E-state index contributed by atoms with van der Waals surface area (Å²) in [7, 11) is 0. The molecule has 0 radical (unpaired) electrons. The maximum Gasteiger partial charge on any atom is 0.417 e. The van der Waals surface area contributed by atoms with Gasteiger partial charge in [0.05, 0.1) is 27.1 Å². The number of carboxylic acids is 1. The molecule has 1 aromatic heterocycles. The largest absolute Gasteiger partial charge is 0.478 e. The molecular formula is C17H10ClF3N2O4S. The van der Waals surface area contributed by atoms with E-state index in [2.05, 4.69) is 4.98 Å². The van der Waals surface area contributed by atoms with Crippen LogP contribution in [0, 0.1) is 0 Å². The van der Waals surface area contributed by atoms with E-state index in [1.165, 1.54) is 18.3 Å². The number of carboxylic acid groups (broad SMARTS) is 1. The van der Waals surface area contributed by atoms with Crippen molar-refractivity contribution in [2.24, 2.45) is 0 Å². The Morgan fingerprint density at radius 3 is 2.64 bits per heavy atom. The monoisotopic (exact) mass is 430 g/mol. The van der Waals surface area contributed by atoms with Crippen molar-refractivity contribution in [2.45, 2.75) is 22.9 Å². The number of anilines is 1. The van der Waals surface area contributed by atoms with Crippen molar-refractivity contribution < 1.29 is 32.7 Å². The molecule has 1 fully saturated rings. The molecule has 1 aliphatic heterocycles. The molecule has 6 nitrogen and oxygen atoms in total. The molecule has 1 atom stereocenters. The molecule has 2 heterocycles. The smallest absolute Gasteiger partial charge is 0.417 e. The fraction of sp³-hybridized carbons (Fsp3) is 0.176. The number of nitrogens with zero attached hydrogens (tertiary/aromatic N) is 2. The number of carbonyl (C=O) groups is 3. The lowest BCUT2D eigenvalue weighted by Crippen LogP contribution is -2.31. The van der Waals surface area contributed by atoms with Crippen LogP contribution in [-0.4, -0.2) is 33.1 Å². The molecule has 0 saturated carbocycles. The van der Waals surface area contributed by atoms with E-state index in [0.29, 0.717) is 11.0 Å². The molecule has 146 valence electrons. The lowest BCUT2D eigenvalue weighted by atomic mass is 10.2. The average molecular weight is 431 g/mol. The van der Waals surface area contributed by atoms with Gasteiger partial charge in [-0.25, -0.2) is 14.7 Å². The molecule has 1 saturated heterocycles. The summed E-state index contributed by atoms with van der Waals surface area (Å²) in [4.78, 5) is 40.7. The summed E-state index contributed by atoms with van der Waals surface area (Å²) in [5, 5.41) is 7.66. The highest BCUT2D eigenvalue weighted by Gasteiger charge is 2.42. The summed E-state index contributed by atoms with van der Waals surface area (Å²) in [6.45, 7) is 0. The first-order chi connectivity index (χ1) is 13.1. The van der Waals surface area contributed by atoms with Crippen LogP contribution in [0.15, 0.2) is 41.6 Å². The van der Waals surface area contributed by atoms with E-state index in [-0.39, 0.29) is 22.7 Å². The van der Waals surface area contributed by atoms with Crippen LogP contribution >= 0.6 is 23.4 Å². The quantitative estimate of drug-likeness (QED) is 0.741. The van der Waals surface area contributed by atoms with Crippen molar-refractivity contribution in [1.29, 1.82) is 0 Å². The molecule has 3 rings (SSSR count). The van der Waals surface area contributed by atoms with Gasteiger partial charge in [-0.3, -0.25) is 9.59 Å². The highest BCUT2D eigenvalue weighted by Crippen LogP contribution is 2.39. The number of hydrogen-bond donors (Lipinski definition) is 1. The van der Waals surface area contributed by atoms with Crippen LogP contribution in [0.3, 0.4) is 0 Å². The first kappa shape index (κ1) is 20.2. The topological polar surface area (TPSA) is 87.6 Å². The number of rotatable bonds is 4. The molecule has 1 aliphatic rings. The first-order valence-corrected chi connectivity index (χ1v) is 8.94. The van der Waals surface area contributed by atoms with Gasteiger partial charge in [-0.1, -0.05) is 23.4 Å². The van der Waals surface area contributed by atoms with Gasteiger partial charge in [0, 0.05) is 12.6 Å². The number of carbonyl (C=O) groups excluding carboxylic acids is 2. The third-order valence-electron chi connectivity index (χ3n) is 3.87. The molecule has 1 N–H and O–H groups in total. The van der Waals surface area contributed by atoms with Crippen LogP contribution < -0.4 is 4.90 Å². The van der Waals surface area contributed by atoms with Gasteiger partial charge in [0.15, 0.2) is 0 Å². The number of pyridine rings is 1. The van der Waals surface area contributed by atoms with Crippen LogP contribution in [0.2, 0.25) is 5.02 Å². The van der Waals surface area contributed by atoms with Gasteiger partial charge in [-0.15, -0.1) is 0 Å². The van der Waals surface area contributed by atoms with E-state index in [0.717, 1.165) is 23.9 Å². The SMILES string of the molecule is O=C(O)c1cccnc1S[C@H]1CC(=O)N(c2ccc(Cl)c(C(F)(F)F)c2)C1=O. The van der Waals surface area contributed by atoms with Crippen molar-refractivity contribution in [1.82, 2.24) is 4.98 Å². The van der Waals surface area contributed by atoms with Crippen molar-refractivity contribution in [3.8, 4) is 0 Å². The van der Waals surface area contributed by atoms with Crippen molar-refractivity contribution in [2.75, 3.05) is 4.90 Å². The Bertz CT molecular complexity index is 983. The second-order valence-corrected chi connectivity index (χ2v) is 7.30. The Hall–Kier alpha value is -2.59. The van der Waals surface area contributed by atoms with Crippen molar-refractivity contribution >= 4 is 46.8 Å². The van der Waals surface area contributed by atoms with E-state index < -0.39 is 39.8 Å². The molecule has 1 aromatic carbocycles. The lowest BCUT2D eigenvalue weighted by molar-refractivity contribution is -0.137.